The molecule has 9 heteroatoms. The fourth-order valence-corrected chi connectivity index (χ4v) is 12.5. The number of carboxylic acid groups (broad SMARTS) is 1. The Labute approximate surface area is 649 Å². The van der Waals surface area contributed by atoms with Crippen molar-refractivity contribution in [1.82, 2.24) is 0 Å². The van der Waals surface area contributed by atoms with E-state index in [0.29, 0.717) is 17.4 Å². The molecule has 602 valence electrons. The number of carbonyl (C=O) groups excluding carboxylic acids is 2. The van der Waals surface area contributed by atoms with E-state index >= 15 is 0 Å². The molecule has 0 spiro atoms. The van der Waals surface area contributed by atoms with Crippen molar-refractivity contribution in [3.8, 4) is 0 Å². The second-order valence-corrected chi connectivity index (χ2v) is 30.4. The maximum absolute atomic E-state index is 13.0. The first-order valence-electron chi connectivity index (χ1n) is 44.0. The Morgan fingerprint density at radius 2 is 0.514 bits per heavy atom. The van der Waals surface area contributed by atoms with Gasteiger partial charge in [0, 0.05) is 12.8 Å². The summed E-state index contributed by atoms with van der Waals surface area (Å²) in [6.07, 6.45) is 122. The van der Waals surface area contributed by atoms with Crippen LogP contribution in [0.5, 0.6) is 0 Å². The second kappa shape index (κ2) is 84.8. The molecular formula is C96H166NO8+. The van der Waals surface area contributed by atoms with Crippen molar-refractivity contribution >= 4 is 17.9 Å². The number of rotatable bonds is 81. The van der Waals surface area contributed by atoms with E-state index in [-0.39, 0.29) is 32.2 Å². The van der Waals surface area contributed by atoms with Crippen LogP contribution in [0.4, 0.5) is 0 Å². The largest absolute Gasteiger partial charge is 0.477 e. The number of carboxylic acids is 1. The highest BCUT2D eigenvalue weighted by Gasteiger charge is 2.25. The highest BCUT2D eigenvalue weighted by molar-refractivity contribution is 5.71. The summed E-state index contributed by atoms with van der Waals surface area (Å²) in [6.45, 7) is 4.69. The van der Waals surface area contributed by atoms with Gasteiger partial charge in [0.05, 0.1) is 34.4 Å². The summed E-state index contributed by atoms with van der Waals surface area (Å²) < 4.78 is 23.1. The van der Waals surface area contributed by atoms with E-state index in [9.17, 15) is 19.5 Å². The predicted octanol–water partition coefficient (Wildman–Crippen LogP) is 28.9. The highest BCUT2D eigenvalue weighted by Crippen LogP contribution is 2.20. The van der Waals surface area contributed by atoms with Gasteiger partial charge >= 0.3 is 17.9 Å². The molecule has 0 aliphatic heterocycles. The van der Waals surface area contributed by atoms with Crippen LogP contribution in [0.1, 0.15) is 386 Å². The van der Waals surface area contributed by atoms with Gasteiger partial charge in [-0.1, -0.05) is 404 Å². The van der Waals surface area contributed by atoms with Crippen LogP contribution >= 0.6 is 0 Å². The van der Waals surface area contributed by atoms with Gasteiger partial charge in [-0.2, -0.15) is 0 Å². The smallest absolute Gasteiger partial charge is 0.361 e. The molecule has 0 heterocycles. The zero-order valence-corrected chi connectivity index (χ0v) is 69.1. The number of allylic oxidation sites excluding steroid dienone is 24. The molecule has 2 atom stereocenters. The predicted molar refractivity (Wildman–Crippen MR) is 456 cm³/mol. The molecule has 0 aliphatic carbocycles. The molecule has 9 nitrogen and oxygen atoms in total. The number of aliphatic carboxylic acids is 1. The maximum atomic E-state index is 13.0. The summed E-state index contributed by atoms with van der Waals surface area (Å²) >= 11 is 0. The molecule has 105 heavy (non-hydrogen) atoms. The molecule has 0 aromatic heterocycles. The van der Waals surface area contributed by atoms with Crippen molar-refractivity contribution < 1.29 is 42.9 Å². The van der Waals surface area contributed by atoms with Crippen molar-refractivity contribution in [3.63, 3.8) is 0 Å². The maximum Gasteiger partial charge on any atom is 0.361 e. The number of ether oxygens (including phenoxy) is 4. The Morgan fingerprint density at radius 3 is 0.762 bits per heavy atom. The molecule has 0 aliphatic rings. The van der Waals surface area contributed by atoms with Crippen LogP contribution in [0.15, 0.2) is 146 Å². The molecule has 0 saturated heterocycles. The normalized spacial score (nSPS) is 13.3. The number of quaternary nitrogens is 1. The molecule has 0 saturated carbocycles. The number of hydrogen-bond acceptors (Lipinski definition) is 7. The third-order valence-electron chi connectivity index (χ3n) is 19.1. The van der Waals surface area contributed by atoms with Gasteiger partial charge in [-0.25, -0.2) is 4.79 Å². The summed E-state index contributed by atoms with van der Waals surface area (Å²) in [6, 6.07) is 0. The highest BCUT2D eigenvalue weighted by atomic mass is 16.7. The van der Waals surface area contributed by atoms with E-state index in [1.165, 1.54) is 244 Å². The van der Waals surface area contributed by atoms with Gasteiger partial charge in [0.1, 0.15) is 13.2 Å². The Hall–Kier alpha value is -4.83. The zero-order valence-electron chi connectivity index (χ0n) is 69.1. The van der Waals surface area contributed by atoms with Crippen LogP contribution in [-0.2, 0) is 33.3 Å². The van der Waals surface area contributed by atoms with Crippen molar-refractivity contribution in [1.29, 1.82) is 0 Å². The van der Waals surface area contributed by atoms with E-state index < -0.39 is 24.3 Å². The molecule has 0 amide bonds. The minimum atomic E-state index is -1.52. The second-order valence-electron chi connectivity index (χ2n) is 30.4. The van der Waals surface area contributed by atoms with E-state index in [4.69, 9.17) is 18.9 Å². The molecule has 0 aromatic rings. The Bertz CT molecular complexity index is 2250. The summed E-state index contributed by atoms with van der Waals surface area (Å²) in [5, 5.41) is 9.79. The minimum Gasteiger partial charge on any atom is -0.477 e. The van der Waals surface area contributed by atoms with E-state index in [0.717, 1.165) is 116 Å². The van der Waals surface area contributed by atoms with Gasteiger partial charge in [0.2, 0.25) is 0 Å². The molecule has 2 unspecified atom stereocenters. The molecule has 0 bridgehead atoms. The van der Waals surface area contributed by atoms with Crippen LogP contribution in [-0.4, -0.2) is 87.4 Å². The van der Waals surface area contributed by atoms with Crippen LogP contribution in [0, 0.1) is 0 Å². The summed E-state index contributed by atoms with van der Waals surface area (Å²) in [5.41, 5.74) is 0. The standard InChI is InChI=1S/C96H165NO8/c1-6-8-10-12-14-16-18-20-22-24-26-28-30-32-34-36-38-40-42-44-46-47-49-50-52-54-56-58-60-62-64-66-68-70-72-74-76-78-80-82-84-86-93(98)103-90-92(91-104-96(95(100)101)102-89-88-97(3,4)5)105-94(99)87-85-83-81-79-77-75-73-71-69-67-65-63-61-59-57-55-53-51-48-45-43-41-39-37-35-33-31-29-27-25-23-21-19-17-15-13-11-9-7-2/h8-11,14-17,20-23,26-29,32-35,39,41,45,48,92,96H,6-7,12-13,18-19,24-25,30-31,36-38,40,42-44,46-47,49-91H2,1-5H3/p+1/b10-8-,11-9-,16-14-,17-15-,22-20-,23-21-,28-26-,29-27-,34-32-,35-33-,41-39-,48-45-. The molecule has 0 radical (unpaired) electrons. The lowest BCUT2D eigenvalue weighted by molar-refractivity contribution is -0.870. The first kappa shape index (κ1) is 100. The first-order chi connectivity index (χ1) is 51.6. The summed E-state index contributed by atoms with van der Waals surface area (Å²) in [5.74, 6) is -1.99. The fourth-order valence-electron chi connectivity index (χ4n) is 12.5. The van der Waals surface area contributed by atoms with Gasteiger partial charge in [-0.15, -0.1) is 0 Å². The molecule has 0 fully saturated rings. The van der Waals surface area contributed by atoms with Crippen molar-refractivity contribution in [2.24, 2.45) is 0 Å². The average Bonchev–Trinajstić information content (AvgIpc) is 1.97. The molecular weight excluding hydrogens is 1300 g/mol. The lowest BCUT2D eigenvalue weighted by Crippen LogP contribution is -2.40. The van der Waals surface area contributed by atoms with Gasteiger partial charge in [0.15, 0.2) is 6.10 Å². The van der Waals surface area contributed by atoms with Gasteiger partial charge in [-0.3, -0.25) is 9.59 Å². The minimum absolute atomic E-state index is 0.182. The summed E-state index contributed by atoms with van der Waals surface area (Å²) in [7, 11) is 5.99. The number of nitrogens with zero attached hydrogens (tertiary/aromatic N) is 1. The molecule has 1 N–H and O–H groups in total. The Kier molecular flexibility index (Phi) is 80.9. The topological polar surface area (TPSA) is 108 Å². The van der Waals surface area contributed by atoms with Crippen molar-refractivity contribution in [3.05, 3.63) is 146 Å². The van der Waals surface area contributed by atoms with E-state index in [1.807, 2.05) is 21.1 Å². The van der Waals surface area contributed by atoms with Crippen molar-refractivity contribution in [2.45, 2.75) is 399 Å². The summed E-state index contributed by atoms with van der Waals surface area (Å²) in [4.78, 5) is 37.8. The Morgan fingerprint density at radius 1 is 0.286 bits per heavy atom. The number of likely N-dealkylation sites (N-methyl/N-ethyl adjacent to an activating group) is 1. The number of hydrogen-bond donors (Lipinski definition) is 1. The average molecular weight is 1460 g/mol. The van der Waals surface area contributed by atoms with Gasteiger partial charge < -0.3 is 28.5 Å². The Balaban J connectivity index is 3.96. The quantitative estimate of drug-likeness (QED) is 0.0211. The number of unbranched alkanes of at least 4 members (excludes halogenated alkanes) is 42. The van der Waals surface area contributed by atoms with Crippen LogP contribution in [0.3, 0.4) is 0 Å². The van der Waals surface area contributed by atoms with E-state index in [2.05, 4.69) is 160 Å². The van der Waals surface area contributed by atoms with Gasteiger partial charge in [0.25, 0.3) is 6.29 Å². The van der Waals surface area contributed by atoms with Crippen LogP contribution < -0.4 is 0 Å². The van der Waals surface area contributed by atoms with E-state index in [1.54, 1.807) is 0 Å². The SMILES string of the molecule is CC/C=C\C/C=C\C/C=C\C/C=C\C/C=C\C/C=C\C/C=C\CCCCCCCCCCCCCCCCCCCC(=O)OC(COC(=O)CCCCCCCCCCCCCCCCCCCCCCCCCCC/C=C\C/C=C\C/C=C\C/C=C\C/C=C\CC)COC(OCC[N+](C)(C)C)C(=O)O. The third kappa shape index (κ3) is 86.3. The van der Waals surface area contributed by atoms with Crippen LogP contribution in [0.2, 0.25) is 0 Å². The lowest BCUT2D eigenvalue weighted by Gasteiger charge is -2.25. The third-order valence-corrected chi connectivity index (χ3v) is 19.1. The van der Waals surface area contributed by atoms with Crippen molar-refractivity contribution in [2.75, 3.05) is 47.5 Å². The number of carbonyl (C=O) groups is 3. The lowest BCUT2D eigenvalue weighted by atomic mass is 10.0. The number of esters is 2. The van der Waals surface area contributed by atoms with Gasteiger partial charge in [-0.05, 0) is 116 Å². The zero-order chi connectivity index (χ0) is 76.0. The van der Waals surface area contributed by atoms with Crippen LogP contribution in [0.25, 0.3) is 0 Å². The molecule has 0 rings (SSSR count). The molecule has 0 aromatic carbocycles. The monoisotopic (exact) mass is 1460 g/mol. The fraction of sp³-hybridized carbons (Fsp3) is 0.719. The first-order valence-corrected chi connectivity index (χ1v) is 44.0.